The Labute approximate surface area is 146 Å². The first-order valence-corrected chi connectivity index (χ1v) is 9.14. The lowest BCUT2D eigenvalue weighted by molar-refractivity contribution is -0.121. The van der Waals surface area contributed by atoms with E-state index in [0.717, 1.165) is 16.5 Å². The molecule has 0 radical (unpaired) electrons. The fraction of sp³-hybridized carbons (Fsp3) is 0.444. The molecule has 3 N–H and O–H groups in total. The van der Waals surface area contributed by atoms with E-state index in [1.807, 2.05) is 36.6 Å². The summed E-state index contributed by atoms with van der Waals surface area (Å²) in [6.45, 7) is 2.96. The summed E-state index contributed by atoms with van der Waals surface area (Å²) in [4.78, 5) is 16.6. The molecule has 5 nitrogen and oxygen atoms in total. The molecular weight excluding hydrogens is 322 g/mol. The Kier molecular flexibility index (Phi) is 5.48. The monoisotopic (exact) mass is 345 g/mol. The minimum atomic E-state index is -0.00588. The van der Waals surface area contributed by atoms with Crippen LogP contribution in [-0.2, 0) is 17.8 Å². The van der Waals surface area contributed by atoms with E-state index in [1.54, 1.807) is 0 Å². The minimum Gasteiger partial charge on any atom is -0.486 e. The van der Waals surface area contributed by atoms with Crippen molar-refractivity contribution in [2.45, 2.75) is 38.8 Å². The molecule has 0 bridgehead atoms. The van der Waals surface area contributed by atoms with Gasteiger partial charge in [0, 0.05) is 18.0 Å². The number of nitrogens with two attached hydrogens (primary N) is 1. The van der Waals surface area contributed by atoms with Crippen LogP contribution in [0.4, 0.5) is 0 Å². The molecule has 0 saturated heterocycles. The van der Waals surface area contributed by atoms with Crippen molar-refractivity contribution in [3.05, 3.63) is 45.9 Å². The average Bonchev–Trinajstić information content (AvgIpc) is 3.33. The number of hydrogen-bond acceptors (Lipinski definition) is 5. The van der Waals surface area contributed by atoms with E-state index in [0.29, 0.717) is 25.5 Å². The minimum absolute atomic E-state index is 0.00588. The summed E-state index contributed by atoms with van der Waals surface area (Å²) in [6, 6.07) is 8.03. The number of nitrogens with zero attached hydrogens (tertiary/aromatic N) is 1. The molecule has 1 heterocycles. The second-order valence-corrected chi connectivity index (χ2v) is 7.20. The maximum absolute atomic E-state index is 12.1. The molecule has 1 aromatic heterocycles. The van der Waals surface area contributed by atoms with E-state index in [-0.39, 0.29) is 11.9 Å². The predicted molar refractivity (Wildman–Crippen MR) is 95.0 cm³/mol. The van der Waals surface area contributed by atoms with Gasteiger partial charge < -0.3 is 15.8 Å². The van der Waals surface area contributed by atoms with Crippen molar-refractivity contribution in [3.8, 4) is 5.75 Å². The van der Waals surface area contributed by atoms with E-state index >= 15 is 0 Å². The fourth-order valence-corrected chi connectivity index (χ4v) is 3.27. The first kappa shape index (κ1) is 16.9. The Bertz CT molecular complexity index is 680. The van der Waals surface area contributed by atoms with Gasteiger partial charge in [-0.15, -0.1) is 11.3 Å². The van der Waals surface area contributed by atoms with Gasteiger partial charge in [0.05, 0.1) is 12.1 Å². The summed E-state index contributed by atoms with van der Waals surface area (Å²) in [7, 11) is 0. The Morgan fingerprint density at radius 1 is 1.42 bits per heavy atom. The Balaban J connectivity index is 1.47. The van der Waals surface area contributed by atoms with E-state index < -0.39 is 0 Å². The van der Waals surface area contributed by atoms with Gasteiger partial charge in [-0.3, -0.25) is 4.79 Å². The third kappa shape index (κ3) is 4.79. The number of amides is 1. The van der Waals surface area contributed by atoms with Gasteiger partial charge in [0.25, 0.3) is 0 Å². The van der Waals surface area contributed by atoms with Crippen LogP contribution in [0.2, 0.25) is 0 Å². The molecule has 1 fully saturated rings. The highest BCUT2D eigenvalue weighted by Crippen LogP contribution is 2.32. The lowest BCUT2D eigenvalue weighted by Crippen LogP contribution is -2.42. The molecule has 1 aliphatic rings. The zero-order valence-electron chi connectivity index (χ0n) is 13.8. The molecule has 2 aromatic rings. The molecule has 3 rings (SSSR count). The van der Waals surface area contributed by atoms with Crippen molar-refractivity contribution in [1.29, 1.82) is 0 Å². The molecule has 1 unspecified atom stereocenters. The smallest absolute Gasteiger partial charge is 0.226 e. The van der Waals surface area contributed by atoms with Gasteiger partial charge in [-0.2, -0.15) is 0 Å². The number of hydrogen-bond donors (Lipinski definition) is 2. The molecule has 6 heteroatoms. The first-order valence-electron chi connectivity index (χ1n) is 8.26. The van der Waals surface area contributed by atoms with Crippen LogP contribution in [0.1, 0.15) is 29.1 Å². The van der Waals surface area contributed by atoms with Crippen molar-refractivity contribution in [2.24, 2.45) is 11.7 Å². The number of aryl methyl sites for hydroxylation is 1. The van der Waals surface area contributed by atoms with Crippen LogP contribution >= 0.6 is 11.3 Å². The highest BCUT2D eigenvalue weighted by Gasteiger charge is 2.31. The van der Waals surface area contributed by atoms with Crippen molar-refractivity contribution in [1.82, 2.24) is 10.3 Å². The zero-order chi connectivity index (χ0) is 16.9. The topological polar surface area (TPSA) is 77.2 Å². The van der Waals surface area contributed by atoms with Gasteiger partial charge in [0.1, 0.15) is 17.4 Å². The second-order valence-electron chi connectivity index (χ2n) is 6.26. The number of carbonyl (C=O) groups excluding carboxylic acids is 1. The summed E-state index contributed by atoms with van der Waals surface area (Å²) in [5, 5.41) is 5.81. The number of thiazole rings is 1. The Morgan fingerprint density at radius 2 is 2.17 bits per heavy atom. The van der Waals surface area contributed by atoms with E-state index in [1.165, 1.54) is 29.7 Å². The summed E-state index contributed by atoms with van der Waals surface area (Å²) >= 11 is 1.52. The van der Waals surface area contributed by atoms with Crippen LogP contribution in [-0.4, -0.2) is 23.5 Å². The van der Waals surface area contributed by atoms with E-state index in [2.05, 4.69) is 10.3 Å². The number of nitrogens with one attached hydrogen (secondary N) is 1. The lowest BCUT2D eigenvalue weighted by atomic mass is 10.2. The lowest BCUT2D eigenvalue weighted by Gasteiger charge is -2.15. The van der Waals surface area contributed by atoms with Gasteiger partial charge >= 0.3 is 0 Å². The highest BCUT2D eigenvalue weighted by atomic mass is 32.1. The van der Waals surface area contributed by atoms with Crippen LogP contribution in [0.5, 0.6) is 5.75 Å². The third-order valence-electron chi connectivity index (χ3n) is 4.12. The number of carbonyl (C=O) groups is 1. The average molecular weight is 345 g/mol. The van der Waals surface area contributed by atoms with Crippen LogP contribution in [0.3, 0.4) is 0 Å². The zero-order valence-corrected chi connectivity index (χ0v) is 14.6. The molecular formula is C18H23N3O2S. The van der Waals surface area contributed by atoms with Crippen LogP contribution in [0.25, 0.3) is 0 Å². The van der Waals surface area contributed by atoms with E-state index in [4.69, 9.17) is 10.5 Å². The molecule has 1 atom stereocenters. The number of ether oxygens (including phenoxy) is 1. The number of rotatable bonds is 8. The van der Waals surface area contributed by atoms with Crippen LogP contribution in [0, 0.1) is 12.8 Å². The van der Waals surface area contributed by atoms with Crippen molar-refractivity contribution in [2.75, 3.05) is 6.54 Å². The molecule has 1 aromatic carbocycles. The molecule has 24 heavy (non-hydrogen) atoms. The highest BCUT2D eigenvalue weighted by molar-refractivity contribution is 7.09. The van der Waals surface area contributed by atoms with Crippen LogP contribution in [0.15, 0.2) is 29.6 Å². The molecule has 0 spiro atoms. The summed E-state index contributed by atoms with van der Waals surface area (Å²) < 4.78 is 5.72. The van der Waals surface area contributed by atoms with E-state index in [9.17, 15) is 4.79 Å². The third-order valence-corrected chi connectivity index (χ3v) is 4.99. The number of benzene rings is 1. The van der Waals surface area contributed by atoms with Crippen molar-refractivity contribution >= 4 is 17.2 Å². The summed E-state index contributed by atoms with van der Waals surface area (Å²) in [5.41, 5.74) is 7.70. The van der Waals surface area contributed by atoms with Crippen molar-refractivity contribution < 1.29 is 9.53 Å². The van der Waals surface area contributed by atoms with Gasteiger partial charge in [0.15, 0.2) is 0 Å². The van der Waals surface area contributed by atoms with Crippen LogP contribution < -0.4 is 15.8 Å². The summed E-state index contributed by atoms with van der Waals surface area (Å²) in [5.74, 6) is 1.38. The summed E-state index contributed by atoms with van der Waals surface area (Å²) in [6.07, 6.45) is 2.63. The molecule has 1 amide bonds. The molecule has 1 aliphatic carbocycles. The molecule has 128 valence electrons. The Hall–Kier alpha value is -1.92. The Morgan fingerprint density at radius 3 is 2.83 bits per heavy atom. The second kappa shape index (κ2) is 7.77. The largest absolute Gasteiger partial charge is 0.486 e. The fourth-order valence-electron chi connectivity index (χ4n) is 2.57. The first-order chi connectivity index (χ1) is 11.6. The van der Waals surface area contributed by atoms with Gasteiger partial charge in [0.2, 0.25) is 5.91 Å². The molecule has 1 saturated carbocycles. The van der Waals surface area contributed by atoms with Crippen molar-refractivity contribution in [3.63, 3.8) is 0 Å². The predicted octanol–water partition coefficient (Wildman–Crippen LogP) is 2.43. The SMILES string of the molecule is Cc1ccc(OCc2nc(CC(=O)NC(CN)C3CC3)cs2)cc1. The molecule has 0 aliphatic heterocycles. The maximum atomic E-state index is 12.1. The maximum Gasteiger partial charge on any atom is 0.226 e. The quantitative estimate of drug-likeness (QED) is 0.770. The number of aromatic nitrogens is 1. The van der Waals surface area contributed by atoms with Gasteiger partial charge in [-0.25, -0.2) is 4.98 Å². The normalized spacial score (nSPS) is 15.1. The standard InChI is InChI=1S/C18H23N3O2S/c1-12-2-6-15(7-3-12)23-10-18-20-14(11-24-18)8-17(22)21-16(9-19)13-4-5-13/h2-3,6-7,11,13,16H,4-5,8-10,19H2,1H3,(H,21,22). The van der Waals surface area contributed by atoms with Gasteiger partial charge in [-0.05, 0) is 37.8 Å². The van der Waals surface area contributed by atoms with Gasteiger partial charge in [-0.1, -0.05) is 17.7 Å².